The van der Waals surface area contributed by atoms with Gasteiger partial charge < -0.3 is 4.74 Å². The third-order valence-electron chi connectivity index (χ3n) is 3.14. The van der Waals surface area contributed by atoms with Gasteiger partial charge in [-0.05, 0) is 31.4 Å². The molecule has 94 valence electrons. The van der Waals surface area contributed by atoms with Gasteiger partial charge in [0.25, 0.3) is 0 Å². The number of halogens is 1. The van der Waals surface area contributed by atoms with E-state index in [0.29, 0.717) is 22.1 Å². The van der Waals surface area contributed by atoms with Gasteiger partial charge in [0.2, 0.25) is 5.88 Å². The first kappa shape index (κ1) is 13.0. The Morgan fingerprint density at radius 3 is 2.82 bits per heavy atom. The highest BCUT2D eigenvalue weighted by Gasteiger charge is 2.23. The third-order valence-corrected chi connectivity index (χ3v) is 3.88. The molecule has 0 radical (unpaired) electrons. The smallest absolute Gasteiger partial charge is 0.219 e. The Morgan fingerprint density at radius 1 is 1.35 bits per heavy atom. The van der Waals surface area contributed by atoms with E-state index in [2.05, 4.69) is 16.9 Å². The Labute approximate surface area is 111 Å². The molecule has 1 aromatic heterocycles. The Morgan fingerprint density at radius 2 is 2.12 bits per heavy atom. The molecule has 5 heteroatoms. The second-order valence-corrected chi connectivity index (χ2v) is 5.59. The summed E-state index contributed by atoms with van der Waals surface area (Å²) in [5.41, 5.74) is 0. The third kappa shape index (κ3) is 3.49. The van der Waals surface area contributed by atoms with Gasteiger partial charge in [-0.25, -0.2) is 4.98 Å². The molecule has 1 heterocycles. The Kier molecular flexibility index (Phi) is 4.51. The van der Waals surface area contributed by atoms with Crippen molar-refractivity contribution >= 4 is 23.4 Å². The molecule has 1 fully saturated rings. The molecule has 0 aromatic carbocycles. The average Bonchev–Trinajstić information content (AvgIpc) is 2.31. The monoisotopic (exact) mass is 272 g/mol. The second-order valence-electron chi connectivity index (χ2n) is 4.43. The molecule has 1 saturated carbocycles. The summed E-state index contributed by atoms with van der Waals surface area (Å²) in [6, 6.07) is 1.70. The SMILES string of the molecule is CSc1nc(Cl)cc(OC2CCCCC2C)n1. The van der Waals surface area contributed by atoms with Gasteiger partial charge in [-0.1, -0.05) is 36.7 Å². The van der Waals surface area contributed by atoms with Crippen molar-refractivity contribution in [3.63, 3.8) is 0 Å². The summed E-state index contributed by atoms with van der Waals surface area (Å²) in [5.74, 6) is 1.20. The molecule has 17 heavy (non-hydrogen) atoms. The molecule has 1 aliphatic rings. The molecule has 0 amide bonds. The van der Waals surface area contributed by atoms with Crippen molar-refractivity contribution in [3.05, 3.63) is 11.2 Å². The average molecular weight is 273 g/mol. The summed E-state index contributed by atoms with van der Waals surface area (Å²) < 4.78 is 5.94. The van der Waals surface area contributed by atoms with Gasteiger partial charge in [0.1, 0.15) is 11.3 Å². The minimum absolute atomic E-state index is 0.268. The summed E-state index contributed by atoms with van der Waals surface area (Å²) in [6.45, 7) is 2.24. The predicted molar refractivity (Wildman–Crippen MR) is 70.9 cm³/mol. The van der Waals surface area contributed by atoms with Crippen molar-refractivity contribution < 1.29 is 4.74 Å². The molecule has 2 unspecified atom stereocenters. The number of nitrogens with zero attached hydrogens (tertiary/aromatic N) is 2. The van der Waals surface area contributed by atoms with E-state index in [0.717, 1.165) is 6.42 Å². The van der Waals surface area contributed by atoms with E-state index >= 15 is 0 Å². The van der Waals surface area contributed by atoms with Gasteiger partial charge in [0, 0.05) is 6.07 Å². The Hall–Kier alpha value is -0.480. The lowest BCUT2D eigenvalue weighted by atomic mass is 9.88. The number of hydrogen-bond acceptors (Lipinski definition) is 4. The van der Waals surface area contributed by atoms with Crippen LogP contribution in [0.2, 0.25) is 5.15 Å². The fraction of sp³-hybridized carbons (Fsp3) is 0.667. The molecular formula is C12H17ClN2OS. The van der Waals surface area contributed by atoms with Crippen LogP contribution in [0.5, 0.6) is 5.88 Å². The molecule has 0 saturated heterocycles. The number of aromatic nitrogens is 2. The molecular weight excluding hydrogens is 256 g/mol. The van der Waals surface area contributed by atoms with Crippen molar-refractivity contribution in [2.24, 2.45) is 5.92 Å². The number of ether oxygens (including phenoxy) is 1. The number of rotatable bonds is 3. The summed E-state index contributed by atoms with van der Waals surface area (Å²) in [5, 5.41) is 1.11. The van der Waals surface area contributed by atoms with E-state index in [1.807, 2.05) is 6.26 Å². The lowest BCUT2D eigenvalue weighted by Gasteiger charge is -2.28. The van der Waals surface area contributed by atoms with Crippen LogP contribution in [0.3, 0.4) is 0 Å². The van der Waals surface area contributed by atoms with Crippen molar-refractivity contribution in [1.29, 1.82) is 0 Å². The van der Waals surface area contributed by atoms with Gasteiger partial charge in [-0.15, -0.1) is 0 Å². The largest absolute Gasteiger partial charge is 0.474 e. The number of hydrogen-bond donors (Lipinski definition) is 0. The number of thioether (sulfide) groups is 1. The van der Waals surface area contributed by atoms with Crippen molar-refractivity contribution in [1.82, 2.24) is 9.97 Å². The van der Waals surface area contributed by atoms with Crippen LogP contribution in [0.25, 0.3) is 0 Å². The highest BCUT2D eigenvalue weighted by molar-refractivity contribution is 7.98. The van der Waals surface area contributed by atoms with Gasteiger partial charge in [0.05, 0.1) is 0 Å². The molecule has 1 aliphatic carbocycles. The van der Waals surface area contributed by atoms with E-state index in [1.165, 1.54) is 31.0 Å². The van der Waals surface area contributed by atoms with Crippen molar-refractivity contribution in [2.75, 3.05) is 6.26 Å². The molecule has 0 bridgehead atoms. The van der Waals surface area contributed by atoms with Gasteiger partial charge in [-0.3, -0.25) is 0 Å². The van der Waals surface area contributed by atoms with Crippen LogP contribution >= 0.6 is 23.4 Å². The van der Waals surface area contributed by atoms with Crippen LogP contribution in [0.15, 0.2) is 11.2 Å². The molecule has 0 spiro atoms. The fourth-order valence-electron chi connectivity index (χ4n) is 2.14. The van der Waals surface area contributed by atoms with Crippen LogP contribution in [0.4, 0.5) is 0 Å². The maximum atomic E-state index is 5.94. The van der Waals surface area contributed by atoms with Gasteiger partial charge >= 0.3 is 0 Å². The van der Waals surface area contributed by atoms with Crippen LogP contribution < -0.4 is 4.74 Å². The quantitative estimate of drug-likeness (QED) is 0.476. The minimum Gasteiger partial charge on any atom is -0.474 e. The van der Waals surface area contributed by atoms with E-state index in [4.69, 9.17) is 16.3 Å². The van der Waals surface area contributed by atoms with E-state index < -0.39 is 0 Å². The summed E-state index contributed by atoms with van der Waals surface area (Å²) in [4.78, 5) is 8.43. The highest BCUT2D eigenvalue weighted by atomic mass is 35.5. The summed E-state index contributed by atoms with van der Waals surface area (Å²) in [7, 11) is 0. The molecule has 0 N–H and O–H groups in total. The summed E-state index contributed by atoms with van der Waals surface area (Å²) >= 11 is 7.41. The molecule has 3 nitrogen and oxygen atoms in total. The normalized spacial score (nSPS) is 24.6. The standard InChI is InChI=1S/C12H17ClN2OS/c1-8-5-3-4-6-9(8)16-11-7-10(13)14-12(15-11)17-2/h7-9H,3-6H2,1-2H3. The lowest BCUT2D eigenvalue weighted by Crippen LogP contribution is -2.28. The van der Waals surface area contributed by atoms with Crippen LogP contribution in [0, 0.1) is 5.92 Å². The Balaban J connectivity index is 2.09. The molecule has 2 atom stereocenters. The minimum atomic E-state index is 0.268. The lowest BCUT2D eigenvalue weighted by molar-refractivity contribution is 0.0966. The fourth-order valence-corrected chi connectivity index (χ4v) is 2.74. The van der Waals surface area contributed by atoms with Crippen molar-refractivity contribution in [3.8, 4) is 5.88 Å². The maximum Gasteiger partial charge on any atom is 0.219 e. The van der Waals surface area contributed by atoms with Crippen LogP contribution in [-0.2, 0) is 0 Å². The predicted octanol–water partition coefficient (Wildman–Crippen LogP) is 3.81. The van der Waals surface area contributed by atoms with Gasteiger partial charge in [0.15, 0.2) is 5.16 Å². The first-order chi connectivity index (χ1) is 8.19. The van der Waals surface area contributed by atoms with Gasteiger partial charge in [-0.2, -0.15) is 4.98 Å². The van der Waals surface area contributed by atoms with Crippen LogP contribution in [-0.4, -0.2) is 22.3 Å². The first-order valence-corrected chi connectivity index (χ1v) is 7.54. The van der Waals surface area contributed by atoms with E-state index in [1.54, 1.807) is 6.07 Å². The zero-order valence-electron chi connectivity index (χ0n) is 10.1. The summed E-state index contributed by atoms with van der Waals surface area (Å²) in [6.07, 6.45) is 7.09. The highest BCUT2D eigenvalue weighted by Crippen LogP contribution is 2.28. The van der Waals surface area contributed by atoms with Crippen molar-refractivity contribution in [2.45, 2.75) is 43.9 Å². The second kappa shape index (κ2) is 5.91. The Bertz CT molecular complexity index is 389. The molecule has 1 aromatic rings. The zero-order valence-corrected chi connectivity index (χ0v) is 11.7. The zero-order chi connectivity index (χ0) is 12.3. The molecule has 0 aliphatic heterocycles. The van der Waals surface area contributed by atoms with E-state index in [-0.39, 0.29) is 6.10 Å². The van der Waals surface area contributed by atoms with E-state index in [9.17, 15) is 0 Å². The molecule has 2 rings (SSSR count). The maximum absolute atomic E-state index is 5.94. The topological polar surface area (TPSA) is 35.0 Å². The van der Waals surface area contributed by atoms with Crippen LogP contribution in [0.1, 0.15) is 32.6 Å². The first-order valence-electron chi connectivity index (χ1n) is 5.94.